The Morgan fingerprint density at radius 3 is 2.63 bits per heavy atom. The molecule has 4 rings (SSSR count). The number of hydrogen-bond donors (Lipinski definition) is 3. The molecule has 3 N–H and O–H groups in total. The van der Waals surface area contributed by atoms with E-state index >= 15 is 0 Å². The molecule has 1 aromatic heterocycles. The lowest BCUT2D eigenvalue weighted by Crippen LogP contribution is -2.47. The molecule has 2 atom stereocenters. The number of aliphatic hydroxyl groups excluding tert-OH is 1. The van der Waals surface area contributed by atoms with Gasteiger partial charge < -0.3 is 19.9 Å². The van der Waals surface area contributed by atoms with E-state index in [1.165, 1.54) is 28.2 Å². The summed E-state index contributed by atoms with van der Waals surface area (Å²) in [4.78, 5) is 0.132. The van der Waals surface area contributed by atoms with Crippen LogP contribution in [0.4, 0.5) is 0 Å². The van der Waals surface area contributed by atoms with Gasteiger partial charge in [0.25, 0.3) is 0 Å². The van der Waals surface area contributed by atoms with Gasteiger partial charge in [-0.1, -0.05) is 17.7 Å². The van der Waals surface area contributed by atoms with Gasteiger partial charge in [-0.25, -0.2) is 21.6 Å². The number of ether oxygens (including phenoxy) is 2. The van der Waals surface area contributed by atoms with Crippen LogP contribution in [-0.2, 0) is 31.8 Å². The van der Waals surface area contributed by atoms with E-state index in [4.69, 9.17) is 21.1 Å². The van der Waals surface area contributed by atoms with E-state index in [0.29, 0.717) is 50.4 Å². The molecule has 2 fully saturated rings. The van der Waals surface area contributed by atoms with E-state index in [9.17, 15) is 21.9 Å². The van der Waals surface area contributed by atoms with Crippen LogP contribution in [0.25, 0.3) is 0 Å². The Balaban J connectivity index is 1.24. The summed E-state index contributed by atoms with van der Waals surface area (Å²) in [6.45, 7) is 2.97. The third-order valence-electron chi connectivity index (χ3n) is 7.01. The molecule has 1 aromatic carbocycles. The van der Waals surface area contributed by atoms with Gasteiger partial charge in [-0.3, -0.25) is 4.68 Å². The highest BCUT2D eigenvalue weighted by Gasteiger charge is 2.45. The van der Waals surface area contributed by atoms with Crippen LogP contribution in [0, 0.1) is 6.92 Å². The van der Waals surface area contributed by atoms with E-state index in [1.54, 1.807) is 26.1 Å². The number of benzene rings is 1. The van der Waals surface area contributed by atoms with Gasteiger partial charge in [-0.15, -0.1) is 0 Å². The Morgan fingerprint density at radius 1 is 1.29 bits per heavy atom. The molecule has 12 nitrogen and oxygen atoms in total. The molecule has 3 heterocycles. The minimum Gasteiger partial charge on any atom is -0.491 e. The predicted octanol–water partition coefficient (Wildman–Crippen LogP) is 0.632. The highest BCUT2D eigenvalue weighted by Crippen LogP contribution is 2.38. The zero-order chi connectivity index (χ0) is 27.7. The molecule has 0 bridgehead atoms. The molecule has 15 heteroatoms. The Morgan fingerprint density at radius 2 is 2.00 bits per heavy atom. The summed E-state index contributed by atoms with van der Waals surface area (Å²) >= 11 is 6.21. The lowest BCUT2D eigenvalue weighted by Gasteiger charge is -2.38. The molecule has 2 saturated heterocycles. The summed E-state index contributed by atoms with van der Waals surface area (Å²) in [6.07, 6.45) is 0.985. The number of piperidine rings is 1. The Kier molecular flexibility index (Phi) is 8.74. The fraction of sp³-hybridized carbons (Fsp3) is 0.609. The van der Waals surface area contributed by atoms with Crippen molar-refractivity contribution in [2.45, 2.75) is 53.7 Å². The second-order valence-electron chi connectivity index (χ2n) is 9.68. The highest BCUT2D eigenvalue weighted by molar-refractivity contribution is 7.89. The summed E-state index contributed by atoms with van der Waals surface area (Å²) in [5.41, 5.74) is -0.0459. The van der Waals surface area contributed by atoms with Crippen molar-refractivity contribution in [1.82, 2.24) is 24.1 Å². The van der Waals surface area contributed by atoms with Crippen LogP contribution >= 0.6 is 11.6 Å². The summed E-state index contributed by atoms with van der Waals surface area (Å²) in [6, 6.07) is 6.06. The molecule has 212 valence electrons. The fourth-order valence-electron chi connectivity index (χ4n) is 4.89. The van der Waals surface area contributed by atoms with Crippen molar-refractivity contribution in [3.05, 3.63) is 35.1 Å². The van der Waals surface area contributed by atoms with Crippen molar-refractivity contribution in [3.8, 4) is 5.75 Å². The van der Waals surface area contributed by atoms with Crippen LogP contribution < -0.4 is 14.8 Å². The van der Waals surface area contributed by atoms with Gasteiger partial charge in [0, 0.05) is 38.8 Å². The lowest BCUT2D eigenvalue weighted by molar-refractivity contribution is -0.0312. The quantitative estimate of drug-likeness (QED) is 0.361. The molecule has 0 radical (unpaired) electrons. The number of aryl methyl sites for hydroxylation is 2. The largest absolute Gasteiger partial charge is 0.491 e. The SMILES string of the molecule is CNS(=O)(=O)c1cccc(OCC(O)CNC2COC3(CCN(S(=O)(=O)c4c(C)nn(C)c4Cl)CC3)C2)c1. The lowest BCUT2D eigenvalue weighted by atomic mass is 9.88. The van der Waals surface area contributed by atoms with Crippen LogP contribution in [0.2, 0.25) is 5.15 Å². The van der Waals surface area contributed by atoms with Crippen molar-refractivity contribution >= 4 is 31.6 Å². The number of halogens is 1. The predicted molar refractivity (Wildman–Crippen MR) is 140 cm³/mol. The van der Waals surface area contributed by atoms with E-state index in [0.717, 1.165) is 0 Å². The molecule has 0 saturated carbocycles. The van der Waals surface area contributed by atoms with Crippen molar-refractivity contribution in [1.29, 1.82) is 0 Å². The Bertz CT molecular complexity index is 1360. The number of rotatable bonds is 10. The molecule has 0 aliphatic carbocycles. The standard InChI is InChI=1S/C23H34ClN5O7S2/c1-16-21(22(24)28(3)27-16)38(33,34)29-9-7-23(8-10-29)12-17(14-36-23)26-13-18(30)15-35-19-5-4-6-20(11-19)37(31,32)25-2/h4-6,11,17-18,25-26,30H,7-10,12-15H2,1-3H3. The first kappa shape index (κ1) is 29.2. The van der Waals surface area contributed by atoms with Crippen LogP contribution in [-0.4, -0.2) is 93.7 Å². The number of aromatic nitrogens is 2. The molecule has 1 spiro atoms. The van der Waals surface area contributed by atoms with E-state index in [-0.39, 0.29) is 34.1 Å². The smallest absolute Gasteiger partial charge is 0.248 e. The number of nitrogens with one attached hydrogen (secondary N) is 2. The maximum Gasteiger partial charge on any atom is 0.248 e. The first-order chi connectivity index (χ1) is 17.9. The second-order valence-corrected chi connectivity index (χ2v) is 13.8. The van der Waals surface area contributed by atoms with Crippen LogP contribution in [0.5, 0.6) is 5.75 Å². The van der Waals surface area contributed by atoms with Gasteiger partial charge in [0.05, 0.1) is 22.8 Å². The number of nitrogens with zero attached hydrogens (tertiary/aromatic N) is 3. The Hall–Kier alpha value is -1.78. The van der Waals surface area contributed by atoms with Crippen LogP contribution in [0.3, 0.4) is 0 Å². The van der Waals surface area contributed by atoms with Gasteiger partial charge >= 0.3 is 0 Å². The molecular formula is C23H34ClN5O7S2. The second kappa shape index (κ2) is 11.4. The first-order valence-corrected chi connectivity index (χ1v) is 15.6. The third kappa shape index (κ3) is 6.17. The van der Waals surface area contributed by atoms with Crippen LogP contribution in [0.1, 0.15) is 25.0 Å². The van der Waals surface area contributed by atoms with E-state index in [2.05, 4.69) is 15.1 Å². The molecule has 2 aliphatic heterocycles. The van der Waals surface area contributed by atoms with Gasteiger partial charge in [-0.05, 0) is 45.4 Å². The van der Waals surface area contributed by atoms with Crippen molar-refractivity contribution in [2.75, 3.05) is 39.9 Å². The van der Waals surface area contributed by atoms with Crippen LogP contribution in [0.15, 0.2) is 34.1 Å². The average Bonchev–Trinajstić information content (AvgIpc) is 3.40. The normalized spacial score (nSPS) is 21.1. The molecule has 2 unspecified atom stereocenters. The molecule has 2 aromatic rings. The maximum absolute atomic E-state index is 13.2. The fourth-order valence-corrected chi connectivity index (χ4v) is 7.81. The molecular weight excluding hydrogens is 558 g/mol. The molecule has 0 amide bonds. The minimum atomic E-state index is -3.76. The average molecular weight is 592 g/mol. The third-order valence-corrected chi connectivity index (χ3v) is 11.0. The number of aliphatic hydroxyl groups is 1. The first-order valence-electron chi connectivity index (χ1n) is 12.3. The van der Waals surface area contributed by atoms with Crippen molar-refractivity contribution in [3.63, 3.8) is 0 Å². The van der Waals surface area contributed by atoms with Gasteiger partial charge in [0.1, 0.15) is 28.5 Å². The Labute approximate surface area is 228 Å². The molecule has 38 heavy (non-hydrogen) atoms. The van der Waals surface area contributed by atoms with Gasteiger partial charge in [-0.2, -0.15) is 9.40 Å². The zero-order valence-corrected chi connectivity index (χ0v) is 23.9. The molecule has 2 aliphatic rings. The monoisotopic (exact) mass is 591 g/mol. The number of sulfonamides is 2. The van der Waals surface area contributed by atoms with Gasteiger partial charge in [0.15, 0.2) is 0 Å². The van der Waals surface area contributed by atoms with E-state index in [1.807, 2.05) is 0 Å². The van der Waals surface area contributed by atoms with E-state index < -0.39 is 31.8 Å². The topological polar surface area (TPSA) is 152 Å². The highest BCUT2D eigenvalue weighted by atomic mass is 35.5. The van der Waals surface area contributed by atoms with Crippen molar-refractivity contribution < 1.29 is 31.4 Å². The zero-order valence-electron chi connectivity index (χ0n) is 21.6. The summed E-state index contributed by atoms with van der Waals surface area (Å²) in [5.74, 6) is 0.341. The van der Waals surface area contributed by atoms with Crippen molar-refractivity contribution in [2.24, 2.45) is 7.05 Å². The summed E-state index contributed by atoms with van der Waals surface area (Å²) in [5, 5.41) is 17.9. The minimum absolute atomic E-state index is 0.00641. The van der Waals surface area contributed by atoms with Gasteiger partial charge in [0.2, 0.25) is 20.0 Å². The summed E-state index contributed by atoms with van der Waals surface area (Å²) < 4.78 is 67.1. The number of hydrogen-bond acceptors (Lipinski definition) is 9. The maximum atomic E-state index is 13.2. The summed E-state index contributed by atoms with van der Waals surface area (Å²) in [7, 11) is -4.41.